The number of aromatic nitrogens is 2. The summed E-state index contributed by atoms with van der Waals surface area (Å²) in [6.45, 7) is 1.76. The minimum Gasteiger partial charge on any atom is -0.350 e. The van der Waals surface area contributed by atoms with Crippen LogP contribution >= 0.6 is 11.3 Å². The molecule has 1 N–H and O–H groups in total. The van der Waals surface area contributed by atoms with Crippen molar-refractivity contribution in [2.45, 2.75) is 31.7 Å². The zero-order valence-corrected chi connectivity index (χ0v) is 14.2. The summed E-state index contributed by atoms with van der Waals surface area (Å²) in [5, 5.41) is 8.62. The van der Waals surface area contributed by atoms with E-state index in [1.165, 1.54) is 11.3 Å². The quantitative estimate of drug-likeness (QED) is 0.870. The van der Waals surface area contributed by atoms with E-state index < -0.39 is 15.4 Å². The van der Waals surface area contributed by atoms with Crippen LogP contribution in [0.15, 0.2) is 22.0 Å². The topological polar surface area (TPSA) is 102 Å². The Hall–Kier alpha value is -1.74. The first-order valence-electron chi connectivity index (χ1n) is 7.23. The van der Waals surface area contributed by atoms with E-state index in [-0.39, 0.29) is 23.8 Å². The molecule has 2 aromatic heterocycles. The number of hydrogen-bond donors (Lipinski definition) is 1. The molecular formula is C14H17N3O4S2. The predicted octanol–water partition coefficient (Wildman–Crippen LogP) is 1.42. The van der Waals surface area contributed by atoms with Crippen LogP contribution in [0.2, 0.25) is 0 Å². The van der Waals surface area contributed by atoms with Crippen molar-refractivity contribution in [3.63, 3.8) is 0 Å². The normalized spacial score (nSPS) is 23.0. The lowest BCUT2D eigenvalue weighted by Gasteiger charge is -2.23. The van der Waals surface area contributed by atoms with Crippen molar-refractivity contribution in [1.29, 1.82) is 0 Å². The molecule has 124 valence electrons. The first kappa shape index (κ1) is 16.1. The number of amides is 1. The van der Waals surface area contributed by atoms with Gasteiger partial charge in [-0.15, -0.1) is 11.3 Å². The molecule has 3 heterocycles. The van der Waals surface area contributed by atoms with Crippen molar-refractivity contribution < 1.29 is 17.7 Å². The molecule has 9 heteroatoms. The van der Waals surface area contributed by atoms with E-state index in [2.05, 4.69) is 15.5 Å². The summed E-state index contributed by atoms with van der Waals surface area (Å²) in [5.74, 6) is 0.823. The first-order chi connectivity index (χ1) is 10.9. The summed E-state index contributed by atoms with van der Waals surface area (Å²) in [7, 11) is -3.04. The third-order valence-electron chi connectivity index (χ3n) is 3.72. The zero-order chi connectivity index (χ0) is 16.5. The lowest BCUT2D eigenvalue weighted by Crippen LogP contribution is -2.47. The van der Waals surface area contributed by atoms with E-state index in [1.54, 1.807) is 6.92 Å². The molecule has 1 aliphatic heterocycles. The number of nitrogens with zero attached hydrogens (tertiary/aromatic N) is 2. The van der Waals surface area contributed by atoms with E-state index in [0.29, 0.717) is 24.6 Å². The number of thiophene rings is 1. The van der Waals surface area contributed by atoms with Crippen LogP contribution in [0.4, 0.5) is 0 Å². The smallest absolute Gasteiger partial charge is 0.227 e. The van der Waals surface area contributed by atoms with Crippen LogP contribution in [0.5, 0.6) is 0 Å². The molecule has 3 rings (SSSR count). The van der Waals surface area contributed by atoms with Gasteiger partial charge in [0.25, 0.3) is 0 Å². The Labute approximate surface area is 138 Å². The molecule has 2 aromatic rings. The second kappa shape index (κ2) is 6.04. The Kier molecular flexibility index (Phi) is 4.24. The first-order valence-corrected chi connectivity index (χ1v) is 9.93. The molecule has 0 bridgehead atoms. The highest BCUT2D eigenvalue weighted by Gasteiger charge is 2.39. The molecule has 0 aliphatic carbocycles. The Morgan fingerprint density at radius 2 is 2.35 bits per heavy atom. The highest BCUT2D eigenvalue weighted by molar-refractivity contribution is 7.91. The summed E-state index contributed by atoms with van der Waals surface area (Å²) in [6.07, 6.45) is 0.957. The van der Waals surface area contributed by atoms with Gasteiger partial charge in [-0.2, -0.15) is 4.98 Å². The van der Waals surface area contributed by atoms with Gasteiger partial charge in [0, 0.05) is 12.8 Å². The Bertz CT molecular complexity index is 798. The fraction of sp³-hybridized carbons (Fsp3) is 0.500. The van der Waals surface area contributed by atoms with Crippen LogP contribution in [0.3, 0.4) is 0 Å². The van der Waals surface area contributed by atoms with Gasteiger partial charge in [0.1, 0.15) is 0 Å². The number of rotatable bonds is 5. The van der Waals surface area contributed by atoms with Gasteiger partial charge in [-0.1, -0.05) is 11.2 Å². The van der Waals surface area contributed by atoms with Gasteiger partial charge in [-0.3, -0.25) is 4.79 Å². The zero-order valence-electron chi connectivity index (χ0n) is 12.6. The maximum atomic E-state index is 12.0. The summed E-state index contributed by atoms with van der Waals surface area (Å²) in [4.78, 5) is 17.2. The molecule has 0 radical (unpaired) electrons. The van der Waals surface area contributed by atoms with E-state index in [9.17, 15) is 13.2 Å². The lowest BCUT2D eigenvalue weighted by molar-refractivity contribution is -0.122. The SMILES string of the molecule is C[C@@]1(NC(=O)CCc2nc(-c3cccs3)no2)CCS(=O)(=O)C1. The van der Waals surface area contributed by atoms with E-state index in [0.717, 1.165) is 4.88 Å². The van der Waals surface area contributed by atoms with Crippen LogP contribution in [-0.2, 0) is 21.1 Å². The Morgan fingerprint density at radius 3 is 3.00 bits per heavy atom. The minimum absolute atomic E-state index is 0.00514. The second-order valence-corrected chi connectivity index (χ2v) is 9.07. The molecule has 1 aliphatic rings. The minimum atomic E-state index is -3.04. The summed E-state index contributed by atoms with van der Waals surface area (Å²) in [5.41, 5.74) is -0.674. The number of nitrogens with one attached hydrogen (secondary N) is 1. The van der Waals surface area contributed by atoms with Gasteiger partial charge >= 0.3 is 0 Å². The van der Waals surface area contributed by atoms with Gasteiger partial charge in [0.2, 0.25) is 17.6 Å². The summed E-state index contributed by atoms with van der Waals surface area (Å²) < 4.78 is 28.2. The molecule has 0 saturated carbocycles. The number of carbonyl (C=O) groups is 1. The average Bonchev–Trinajstić information content (AvgIpc) is 3.17. The average molecular weight is 355 g/mol. The lowest BCUT2D eigenvalue weighted by atomic mass is 10.0. The molecule has 1 atom stereocenters. The number of sulfone groups is 1. The maximum absolute atomic E-state index is 12.0. The largest absolute Gasteiger partial charge is 0.350 e. The molecule has 0 aromatic carbocycles. The number of hydrogen-bond acceptors (Lipinski definition) is 7. The fourth-order valence-corrected chi connectivity index (χ4v) is 5.33. The molecule has 1 fully saturated rings. The third-order valence-corrected chi connectivity index (χ3v) is 6.49. The predicted molar refractivity (Wildman–Crippen MR) is 85.8 cm³/mol. The standard InChI is InChI=1S/C14H17N3O4S2/c1-14(6-8-23(19,20)9-14)16-11(18)4-5-12-15-13(17-21-12)10-3-2-7-22-10/h2-3,7H,4-6,8-9H2,1H3,(H,16,18)/t14-/m1/s1. The molecule has 23 heavy (non-hydrogen) atoms. The Balaban J connectivity index is 1.54. The summed E-state index contributed by atoms with van der Waals surface area (Å²) >= 11 is 1.51. The van der Waals surface area contributed by atoms with E-state index >= 15 is 0 Å². The van der Waals surface area contributed by atoms with Crippen LogP contribution in [0.1, 0.15) is 25.7 Å². The van der Waals surface area contributed by atoms with Crippen LogP contribution in [0.25, 0.3) is 10.7 Å². The van der Waals surface area contributed by atoms with Gasteiger partial charge in [0.05, 0.1) is 21.9 Å². The van der Waals surface area contributed by atoms with Crippen molar-refractivity contribution in [1.82, 2.24) is 15.5 Å². The third kappa shape index (κ3) is 3.97. The number of carbonyl (C=O) groups excluding carboxylic acids is 1. The summed E-state index contributed by atoms with van der Waals surface area (Å²) in [6, 6.07) is 3.80. The van der Waals surface area contributed by atoms with Crippen molar-refractivity contribution >= 4 is 27.1 Å². The van der Waals surface area contributed by atoms with Crippen molar-refractivity contribution in [3.05, 3.63) is 23.4 Å². The highest BCUT2D eigenvalue weighted by Crippen LogP contribution is 2.23. The fourth-order valence-electron chi connectivity index (χ4n) is 2.59. The van der Waals surface area contributed by atoms with Crippen LogP contribution in [0, 0.1) is 0 Å². The maximum Gasteiger partial charge on any atom is 0.227 e. The monoisotopic (exact) mass is 355 g/mol. The van der Waals surface area contributed by atoms with Gasteiger partial charge < -0.3 is 9.84 Å². The molecule has 1 saturated heterocycles. The van der Waals surface area contributed by atoms with Crippen molar-refractivity contribution in [2.24, 2.45) is 0 Å². The molecule has 0 unspecified atom stereocenters. The van der Waals surface area contributed by atoms with Gasteiger partial charge in [-0.05, 0) is 24.8 Å². The molecule has 0 spiro atoms. The van der Waals surface area contributed by atoms with Gasteiger partial charge in [0.15, 0.2) is 9.84 Å². The van der Waals surface area contributed by atoms with E-state index in [1.807, 2.05) is 17.5 Å². The molecule has 7 nitrogen and oxygen atoms in total. The molecule has 1 amide bonds. The highest BCUT2D eigenvalue weighted by atomic mass is 32.2. The number of aryl methyl sites for hydroxylation is 1. The van der Waals surface area contributed by atoms with E-state index in [4.69, 9.17) is 4.52 Å². The van der Waals surface area contributed by atoms with Gasteiger partial charge in [-0.25, -0.2) is 8.42 Å². The Morgan fingerprint density at radius 1 is 1.52 bits per heavy atom. The van der Waals surface area contributed by atoms with Crippen LogP contribution in [-0.4, -0.2) is 41.5 Å². The van der Waals surface area contributed by atoms with Crippen molar-refractivity contribution in [3.8, 4) is 10.7 Å². The van der Waals surface area contributed by atoms with Crippen molar-refractivity contribution in [2.75, 3.05) is 11.5 Å². The second-order valence-electron chi connectivity index (χ2n) is 5.94. The van der Waals surface area contributed by atoms with Crippen LogP contribution < -0.4 is 5.32 Å². The molecular weight excluding hydrogens is 338 g/mol.